The van der Waals surface area contributed by atoms with E-state index in [-0.39, 0.29) is 0 Å². The van der Waals surface area contributed by atoms with Gasteiger partial charge in [-0.25, -0.2) is 0 Å². The van der Waals surface area contributed by atoms with Crippen molar-refractivity contribution in [1.82, 2.24) is 4.90 Å². The lowest BCUT2D eigenvalue weighted by Crippen LogP contribution is -2.44. The number of hydrogen-bond acceptors (Lipinski definition) is 1. The van der Waals surface area contributed by atoms with Crippen LogP contribution >= 0.6 is 0 Å². The Labute approximate surface area is 129 Å². The highest BCUT2D eigenvalue weighted by Gasteiger charge is 2.27. The van der Waals surface area contributed by atoms with Gasteiger partial charge < -0.3 is 0 Å². The molecule has 1 aliphatic rings. The second kappa shape index (κ2) is 7.42. The zero-order valence-corrected chi connectivity index (χ0v) is 13.4. The van der Waals surface area contributed by atoms with E-state index in [4.69, 9.17) is 0 Å². The third kappa shape index (κ3) is 4.71. The van der Waals surface area contributed by atoms with Crippen LogP contribution in [0.3, 0.4) is 0 Å². The maximum Gasteiger partial charge on any atom is 0.0321 e. The molecule has 112 valence electrons. The van der Waals surface area contributed by atoms with E-state index in [9.17, 15) is 0 Å². The van der Waals surface area contributed by atoms with Gasteiger partial charge in [0.25, 0.3) is 0 Å². The van der Waals surface area contributed by atoms with Gasteiger partial charge in [-0.05, 0) is 38.7 Å². The van der Waals surface area contributed by atoms with Gasteiger partial charge in [-0.15, -0.1) is 13.2 Å². The molecule has 0 fully saturated rings. The molecule has 0 spiro atoms. The summed E-state index contributed by atoms with van der Waals surface area (Å²) in [7, 11) is 0. The van der Waals surface area contributed by atoms with Gasteiger partial charge in [0, 0.05) is 18.6 Å². The van der Waals surface area contributed by atoms with Gasteiger partial charge in [0.05, 0.1) is 0 Å². The van der Waals surface area contributed by atoms with Crippen molar-refractivity contribution >= 4 is 0 Å². The lowest BCUT2D eigenvalue weighted by Gasteiger charge is -2.40. The molecule has 0 radical (unpaired) electrons. The molecule has 2 rings (SSSR count). The summed E-state index contributed by atoms with van der Waals surface area (Å²) in [6, 6.07) is 11.8. The van der Waals surface area contributed by atoms with Crippen LogP contribution in [0.2, 0.25) is 0 Å². The summed E-state index contributed by atoms with van der Waals surface area (Å²) in [6.45, 7) is 13.5. The summed E-state index contributed by atoms with van der Waals surface area (Å²) >= 11 is 0. The molecule has 0 aliphatic carbocycles. The zero-order chi connectivity index (χ0) is 15.2. The van der Waals surface area contributed by atoms with Gasteiger partial charge in [-0.2, -0.15) is 0 Å². The maximum absolute atomic E-state index is 4.11. The molecule has 0 aromatic heterocycles. The minimum absolute atomic E-state index is 0.459. The van der Waals surface area contributed by atoms with Crippen LogP contribution in [0.1, 0.15) is 38.7 Å². The first-order chi connectivity index (χ1) is 10.1. The zero-order valence-electron chi connectivity index (χ0n) is 13.4. The molecule has 1 aliphatic heterocycles. The highest BCUT2D eigenvalue weighted by molar-refractivity contribution is 5.17. The van der Waals surface area contributed by atoms with E-state index in [2.05, 4.69) is 74.4 Å². The van der Waals surface area contributed by atoms with E-state index in [0.29, 0.717) is 12.1 Å². The smallest absolute Gasteiger partial charge is 0.0321 e. The van der Waals surface area contributed by atoms with Crippen molar-refractivity contribution in [2.75, 3.05) is 0 Å². The second-order valence-corrected chi connectivity index (χ2v) is 6.37. The van der Waals surface area contributed by atoms with Crippen LogP contribution in [0.5, 0.6) is 0 Å². The van der Waals surface area contributed by atoms with E-state index in [1.54, 1.807) is 0 Å². The summed E-state index contributed by atoms with van der Waals surface area (Å²) in [5.41, 5.74) is 3.90. The van der Waals surface area contributed by atoms with Gasteiger partial charge in [0.1, 0.15) is 0 Å². The van der Waals surface area contributed by atoms with Crippen molar-refractivity contribution in [2.45, 2.75) is 51.7 Å². The minimum Gasteiger partial charge on any atom is -0.289 e. The third-order valence-electron chi connectivity index (χ3n) is 4.01. The topological polar surface area (TPSA) is 3.24 Å². The fourth-order valence-electron chi connectivity index (χ4n) is 3.10. The predicted molar refractivity (Wildman–Crippen MR) is 92.2 cm³/mol. The number of hydrogen-bond donors (Lipinski definition) is 0. The molecule has 21 heavy (non-hydrogen) atoms. The minimum atomic E-state index is 0.459. The average molecular weight is 281 g/mol. The Hall–Kier alpha value is -1.60. The Balaban J connectivity index is 2.19. The Bertz CT molecular complexity index is 512. The summed E-state index contributed by atoms with van der Waals surface area (Å²) in [4.78, 5) is 2.62. The van der Waals surface area contributed by atoms with Crippen molar-refractivity contribution in [1.29, 1.82) is 0 Å². The van der Waals surface area contributed by atoms with Gasteiger partial charge in [-0.3, -0.25) is 4.90 Å². The van der Waals surface area contributed by atoms with Crippen LogP contribution < -0.4 is 0 Å². The number of nitrogens with zero attached hydrogens (tertiary/aromatic N) is 1. The van der Waals surface area contributed by atoms with Crippen LogP contribution in [-0.2, 0) is 6.54 Å². The van der Waals surface area contributed by atoms with Crippen LogP contribution in [0.15, 0.2) is 66.8 Å². The quantitative estimate of drug-likeness (QED) is 0.654. The molecule has 2 atom stereocenters. The van der Waals surface area contributed by atoms with E-state index in [1.807, 2.05) is 0 Å². The largest absolute Gasteiger partial charge is 0.289 e. The molecular weight excluding hydrogens is 254 g/mol. The van der Waals surface area contributed by atoms with Gasteiger partial charge in [0.2, 0.25) is 0 Å². The van der Waals surface area contributed by atoms with E-state index in [1.165, 1.54) is 16.7 Å². The molecule has 0 unspecified atom stereocenters. The Morgan fingerprint density at radius 1 is 1.10 bits per heavy atom. The average Bonchev–Trinajstić information content (AvgIpc) is 2.42. The SMILES string of the molecule is C=C(C)C[C@@H]1CC=C[C@@H](CC(=C)C)N1Cc1ccccc1. The van der Waals surface area contributed by atoms with Crippen molar-refractivity contribution in [3.8, 4) is 0 Å². The molecule has 0 N–H and O–H groups in total. The lowest BCUT2D eigenvalue weighted by atomic mass is 9.93. The lowest BCUT2D eigenvalue weighted by molar-refractivity contribution is 0.138. The van der Waals surface area contributed by atoms with Gasteiger partial charge in [0.15, 0.2) is 0 Å². The normalized spacial score (nSPS) is 22.2. The number of benzene rings is 1. The van der Waals surface area contributed by atoms with Crippen molar-refractivity contribution in [3.05, 3.63) is 72.4 Å². The first-order valence-electron chi connectivity index (χ1n) is 7.81. The van der Waals surface area contributed by atoms with Crippen molar-refractivity contribution < 1.29 is 0 Å². The second-order valence-electron chi connectivity index (χ2n) is 6.37. The summed E-state index contributed by atoms with van der Waals surface area (Å²) in [6.07, 6.45) is 7.92. The summed E-state index contributed by atoms with van der Waals surface area (Å²) in [5.74, 6) is 0. The highest BCUT2D eigenvalue weighted by atomic mass is 15.2. The van der Waals surface area contributed by atoms with Crippen LogP contribution in [0.25, 0.3) is 0 Å². The summed E-state index contributed by atoms with van der Waals surface area (Å²) in [5, 5.41) is 0. The molecule has 1 aromatic rings. The Morgan fingerprint density at radius 2 is 1.76 bits per heavy atom. The fraction of sp³-hybridized carbons (Fsp3) is 0.400. The first kappa shape index (κ1) is 15.8. The van der Waals surface area contributed by atoms with Gasteiger partial charge in [-0.1, -0.05) is 53.6 Å². The molecule has 0 bridgehead atoms. The highest BCUT2D eigenvalue weighted by Crippen LogP contribution is 2.27. The molecule has 1 nitrogen and oxygen atoms in total. The third-order valence-corrected chi connectivity index (χ3v) is 4.01. The van der Waals surface area contributed by atoms with Crippen LogP contribution in [-0.4, -0.2) is 17.0 Å². The molecule has 1 aromatic carbocycles. The van der Waals surface area contributed by atoms with E-state index >= 15 is 0 Å². The molecular formula is C20H27N. The first-order valence-corrected chi connectivity index (χ1v) is 7.81. The Kier molecular flexibility index (Phi) is 5.58. The molecule has 0 saturated heterocycles. The fourth-order valence-corrected chi connectivity index (χ4v) is 3.10. The van der Waals surface area contributed by atoms with Crippen LogP contribution in [0.4, 0.5) is 0 Å². The van der Waals surface area contributed by atoms with Crippen molar-refractivity contribution in [3.63, 3.8) is 0 Å². The van der Waals surface area contributed by atoms with Crippen molar-refractivity contribution in [2.24, 2.45) is 0 Å². The molecule has 1 heterocycles. The molecule has 0 amide bonds. The monoisotopic (exact) mass is 281 g/mol. The molecule has 0 saturated carbocycles. The Morgan fingerprint density at radius 3 is 2.38 bits per heavy atom. The number of rotatable bonds is 6. The van der Waals surface area contributed by atoms with E-state index < -0.39 is 0 Å². The molecule has 1 heteroatoms. The van der Waals surface area contributed by atoms with Crippen LogP contribution in [0, 0.1) is 0 Å². The standard InChI is InChI=1S/C20H27N/c1-16(2)13-19-11-8-12-20(14-17(3)4)21(19)15-18-9-6-5-7-10-18/h5-11,19-20H,1,3,12-15H2,2,4H3/t19-,20-/m0/s1. The predicted octanol–water partition coefficient (Wildman–Crippen LogP) is 5.12. The van der Waals surface area contributed by atoms with Gasteiger partial charge >= 0.3 is 0 Å². The maximum atomic E-state index is 4.11. The van der Waals surface area contributed by atoms with E-state index in [0.717, 1.165) is 25.8 Å². The summed E-state index contributed by atoms with van der Waals surface area (Å²) < 4.78 is 0.